The van der Waals surface area contributed by atoms with E-state index < -0.39 is 17.8 Å². The van der Waals surface area contributed by atoms with Crippen molar-refractivity contribution in [1.82, 2.24) is 5.32 Å². The normalized spacial score (nSPS) is 40.5. The average Bonchev–Trinajstić information content (AvgIpc) is 2.65. The molecular formula is C21H39NO6. The van der Waals surface area contributed by atoms with Crippen molar-refractivity contribution in [2.45, 2.75) is 103 Å². The van der Waals surface area contributed by atoms with E-state index in [4.69, 9.17) is 18.9 Å². The van der Waals surface area contributed by atoms with E-state index in [9.17, 15) is 9.90 Å². The quantitative estimate of drug-likeness (QED) is 0.710. The van der Waals surface area contributed by atoms with E-state index in [1.165, 1.54) is 7.11 Å². The zero-order chi connectivity index (χ0) is 21.3. The molecule has 0 saturated carbocycles. The van der Waals surface area contributed by atoms with Crippen molar-refractivity contribution >= 4 is 5.91 Å². The highest BCUT2D eigenvalue weighted by atomic mass is 16.7. The van der Waals surface area contributed by atoms with Crippen molar-refractivity contribution in [3.8, 4) is 0 Å². The van der Waals surface area contributed by atoms with Crippen molar-refractivity contribution in [3.63, 3.8) is 0 Å². The third kappa shape index (κ3) is 4.54. The minimum absolute atomic E-state index is 0.0187. The standard InChI is InChI=1S/C21H39NO6/c1-12-9-10-21(26-8,28-14(12)3)18(23)19(24)22-13(2)16-11-17(25-7)20(5,6)15(4)27-16/h12-18,23H,9-11H2,1-8H3,(H,22,24). The molecule has 0 aliphatic carbocycles. The zero-order valence-corrected chi connectivity index (χ0v) is 18.7. The van der Waals surface area contributed by atoms with Gasteiger partial charge in [0.2, 0.25) is 5.79 Å². The summed E-state index contributed by atoms with van der Waals surface area (Å²) in [5.74, 6) is -1.47. The van der Waals surface area contributed by atoms with Crippen LogP contribution in [0.25, 0.3) is 0 Å². The first kappa shape index (κ1) is 23.5. The third-order valence-corrected chi connectivity index (χ3v) is 7.06. The van der Waals surface area contributed by atoms with Crippen LogP contribution in [0.1, 0.15) is 60.8 Å². The molecule has 1 amide bonds. The average molecular weight is 402 g/mol. The lowest BCUT2D eigenvalue weighted by molar-refractivity contribution is -0.308. The number of carbonyl (C=O) groups is 1. The molecule has 0 spiro atoms. The summed E-state index contributed by atoms with van der Waals surface area (Å²) in [7, 11) is 3.18. The first-order valence-corrected chi connectivity index (χ1v) is 10.4. The Labute approximate surface area is 169 Å². The third-order valence-electron chi connectivity index (χ3n) is 7.06. The first-order valence-electron chi connectivity index (χ1n) is 10.4. The van der Waals surface area contributed by atoms with Crippen LogP contribution in [-0.2, 0) is 23.7 Å². The summed E-state index contributed by atoms with van der Waals surface area (Å²) in [6.07, 6.45) is 0.263. The molecule has 0 radical (unpaired) electrons. The second kappa shape index (κ2) is 8.96. The summed E-state index contributed by atoms with van der Waals surface area (Å²) >= 11 is 0. The molecule has 2 saturated heterocycles. The number of ether oxygens (including phenoxy) is 4. The van der Waals surface area contributed by atoms with E-state index in [-0.39, 0.29) is 35.9 Å². The molecule has 0 aromatic heterocycles. The molecule has 2 fully saturated rings. The van der Waals surface area contributed by atoms with Gasteiger partial charge in [-0.25, -0.2) is 0 Å². The van der Waals surface area contributed by atoms with Gasteiger partial charge >= 0.3 is 0 Å². The number of methoxy groups -OCH3 is 2. The summed E-state index contributed by atoms with van der Waals surface area (Å²) in [6, 6.07) is -0.285. The van der Waals surface area contributed by atoms with Gasteiger partial charge in [-0.05, 0) is 33.1 Å². The number of amides is 1. The van der Waals surface area contributed by atoms with E-state index in [1.807, 2.05) is 20.8 Å². The lowest BCUT2D eigenvalue weighted by Crippen LogP contribution is -2.61. The molecule has 2 aliphatic rings. The van der Waals surface area contributed by atoms with Gasteiger partial charge in [-0.1, -0.05) is 20.8 Å². The molecule has 0 aromatic carbocycles. The van der Waals surface area contributed by atoms with Crippen molar-refractivity contribution in [1.29, 1.82) is 0 Å². The van der Waals surface area contributed by atoms with E-state index in [0.29, 0.717) is 18.8 Å². The fourth-order valence-electron chi connectivity index (χ4n) is 4.20. The molecule has 2 N–H and O–H groups in total. The molecular weight excluding hydrogens is 362 g/mol. The van der Waals surface area contributed by atoms with Gasteiger partial charge in [-0.2, -0.15) is 0 Å². The Morgan fingerprint density at radius 1 is 1.25 bits per heavy atom. The maximum atomic E-state index is 12.8. The predicted octanol–water partition coefficient (Wildman–Crippen LogP) is 2.25. The molecule has 2 heterocycles. The maximum absolute atomic E-state index is 12.8. The van der Waals surface area contributed by atoms with E-state index in [1.54, 1.807) is 7.11 Å². The van der Waals surface area contributed by atoms with Crippen molar-refractivity contribution in [2.24, 2.45) is 11.3 Å². The Morgan fingerprint density at radius 2 is 1.89 bits per heavy atom. The topological polar surface area (TPSA) is 86.3 Å². The van der Waals surface area contributed by atoms with Gasteiger partial charge in [0.25, 0.3) is 5.91 Å². The highest BCUT2D eigenvalue weighted by molar-refractivity contribution is 5.82. The highest BCUT2D eigenvalue weighted by Gasteiger charge is 2.49. The highest BCUT2D eigenvalue weighted by Crippen LogP contribution is 2.39. The van der Waals surface area contributed by atoms with Gasteiger partial charge in [0.1, 0.15) is 0 Å². The number of hydrogen-bond donors (Lipinski definition) is 2. The van der Waals surface area contributed by atoms with Crippen LogP contribution in [0.2, 0.25) is 0 Å². The van der Waals surface area contributed by atoms with Gasteiger partial charge < -0.3 is 29.4 Å². The number of hydrogen-bond acceptors (Lipinski definition) is 6. The molecule has 164 valence electrons. The Hall–Kier alpha value is -0.730. The minimum Gasteiger partial charge on any atom is -0.381 e. The minimum atomic E-state index is -1.41. The SMILES string of the molecule is COC1CC(C(C)NC(=O)C(O)C2(OC)CCC(C)C(C)O2)OC(C)C1(C)C. The Bertz CT molecular complexity index is 541. The molecule has 8 atom stereocenters. The lowest BCUT2D eigenvalue weighted by atomic mass is 9.76. The fraction of sp³-hybridized carbons (Fsp3) is 0.952. The number of aliphatic hydroxyl groups excluding tert-OH is 1. The maximum Gasteiger partial charge on any atom is 0.254 e. The van der Waals surface area contributed by atoms with E-state index >= 15 is 0 Å². The van der Waals surface area contributed by atoms with E-state index in [0.717, 1.165) is 6.42 Å². The molecule has 0 bridgehead atoms. The largest absolute Gasteiger partial charge is 0.381 e. The molecule has 7 nitrogen and oxygen atoms in total. The number of carbonyl (C=O) groups excluding carboxylic acids is 1. The molecule has 8 unspecified atom stereocenters. The molecule has 7 heteroatoms. The van der Waals surface area contributed by atoms with Crippen LogP contribution in [0.15, 0.2) is 0 Å². The van der Waals surface area contributed by atoms with Crippen LogP contribution in [-0.4, -0.2) is 67.6 Å². The van der Waals surface area contributed by atoms with Crippen LogP contribution < -0.4 is 5.32 Å². The predicted molar refractivity (Wildman–Crippen MR) is 106 cm³/mol. The number of rotatable bonds is 6. The second-order valence-electron chi connectivity index (χ2n) is 9.15. The van der Waals surface area contributed by atoms with Gasteiger partial charge in [-0.3, -0.25) is 4.79 Å². The molecule has 2 rings (SSSR count). The first-order chi connectivity index (χ1) is 13.0. The summed E-state index contributed by atoms with van der Waals surface area (Å²) < 4.78 is 23.3. The fourth-order valence-corrected chi connectivity index (χ4v) is 4.20. The number of aliphatic hydroxyl groups is 1. The number of nitrogens with one attached hydrogen (secondary N) is 1. The zero-order valence-electron chi connectivity index (χ0n) is 18.7. The van der Waals surface area contributed by atoms with Crippen molar-refractivity contribution in [2.75, 3.05) is 14.2 Å². The van der Waals surface area contributed by atoms with Crippen molar-refractivity contribution in [3.05, 3.63) is 0 Å². The van der Waals surface area contributed by atoms with Crippen LogP contribution in [0.4, 0.5) is 0 Å². The van der Waals surface area contributed by atoms with Gasteiger partial charge in [-0.15, -0.1) is 0 Å². The van der Waals surface area contributed by atoms with Crippen LogP contribution in [0.5, 0.6) is 0 Å². The summed E-state index contributed by atoms with van der Waals surface area (Å²) in [5, 5.41) is 13.6. The van der Waals surface area contributed by atoms with Crippen LogP contribution in [0.3, 0.4) is 0 Å². The van der Waals surface area contributed by atoms with Crippen molar-refractivity contribution < 1.29 is 28.8 Å². The Kier molecular flexibility index (Phi) is 7.54. The molecule has 0 aromatic rings. The summed E-state index contributed by atoms with van der Waals surface area (Å²) in [4.78, 5) is 12.8. The Morgan fingerprint density at radius 3 is 2.43 bits per heavy atom. The van der Waals surface area contributed by atoms with E-state index in [2.05, 4.69) is 26.1 Å². The van der Waals surface area contributed by atoms with Crippen LogP contribution >= 0.6 is 0 Å². The Balaban J connectivity index is 2.03. The smallest absolute Gasteiger partial charge is 0.254 e. The summed E-state index contributed by atoms with van der Waals surface area (Å²) in [5.41, 5.74) is -0.114. The van der Waals surface area contributed by atoms with Gasteiger partial charge in [0.15, 0.2) is 6.10 Å². The summed E-state index contributed by atoms with van der Waals surface area (Å²) in [6.45, 7) is 12.2. The second-order valence-corrected chi connectivity index (χ2v) is 9.15. The molecule has 28 heavy (non-hydrogen) atoms. The lowest BCUT2D eigenvalue weighted by Gasteiger charge is -2.47. The van der Waals surface area contributed by atoms with Crippen LogP contribution in [0, 0.1) is 11.3 Å². The molecule has 2 aliphatic heterocycles. The monoisotopic (exact) mass is 401 g/mol. The van der Waals surface area contributed by atoms with Gasteiger partial charge in [0, 0.05) is 32.5 Å². The van der Waals surface area contributed by atoms with Gasteiger partial charge in [0.05, 0.1) is 30.5 Å².